The molecule has 19 heavy (non-hydrogen) atoms. The van der Waals surface area contributed by atoms with Crippen LogP contribution in [0.25, 0.3) is 0 Å². The smallest absolute Gasteiger partial charge is 0.225 e. The van der Waals surface area contributed by atoms with Crippen LogP contribution in [0.4, 0.5) is 5.95 Å². The zero-order valence-electron chi connectivity index (χ0n) is 11.5. The van der Waals surface area contributed by atoms with Crippen LogP contribution >= 0.6 is 0 Å². The van der Waals surface area contributed by atoms with Crippen molar-refractivity contribution in [2.75, 3.05) is 24.6 Å². The van der Waals surface area contributed by atoms with E-state index < -0.39 is 0 Å². The molecule has 1 aliphatic heterocycles. The zero-order chi connectivity index (χ0) is 13.1. The minimum Gasteiger partial charge on any atom is -0.375 e. The number of morpholine rings is 1. The fraction of sp³-hybridized carbons (Fsp3) is 0.714. The molecule has 0 spiro atoms. The van der Waals surface area contributed by atoms with Gasteiger partial charge in [0, 0.05) is 43.6 Å². The summed E-state index contributed by atoms with van der Waals surface area (Å²) in [6.07, 6.45) is 7.85. The Hall–Kier alpha value is -1.20. The van der Waals surface area contributed by atoms with Crippen molar-refractivity contribution in [3.05, 3.63) is 18.0 Å². The lowest BCUT2D eigenvalue weighted by molar-refractivity contribution is 0.0379. The van der Waals surface area contributed by atoms with Gasteiger partial charge in [0.25, 0.3) is 0 Å². The van der Waals surface area contributed by atoms with Crippen LogP contribution < -0.4 is 10.2 Å². The lowest BCUT2D eigenvalue weighted by atomic mass is 10.2. The molecule has 1 aromatic rings. The van der Waals surface area contributed by atoms with Crippen LogP contribution in [0.1, 0.15) is 31.7 Å². The summed E-state index contributed by atoms with van der Waals surface area (Å²) in [6, 6.07) is 0.726. The molecule has 0 bridgehead atoms. The molecule has 1 saturated heterocycles. The standard InChI is InChI=1S/C14H22N4O/c1-2-13-10-18(5-6-19-13)14-16-8-11(9-17-14)7-15-12-3-4-12/h8-9,12-13,15H,2-7,10H2,1H3. The molecule has 1 unspecified atom stereocenters. The Kier molecular flexibility index (Phi) is 3.94. The molecule has 3 rings (SSSR count). The Morgan fingerprint density at radius 3 is 2.84 bits per heavy atom. The van der Waals surface area contributed by atoms with E-state index in [0.29, 0.717) is 6.10 Å². The molecule has 1 saturated carbocycles. The number of hydrogen-bond acceptors (Lipinski definition) is 5. The predicted octanol–water partition coefficient (Wildman–Crippen LogP) is 1.34. The van der Waals surface area contributed by atoms with Crippen molar-refractivity contribution >= 4 is 5.95 Å². The van der Waals surface area contributed by atoms with Gasteiger partial charge in [-0.2, -0.15) is 0 Å². The Labute approximate surface area is 114 Å². The molecule has 5 nitrogen and oxygen atoms in total. The number of hydrogen-bond donors (Lipinski definition) is 1. The van der Waals surface area contributed by atoms with Crippen LogP contribution in [-0.2, 0) is 11.3 Å². The van der Waals surface area contributed by atoms with Crippen LogP contribution in [0.3, 0.4) is 0 Å². The van der Waals surface area contributed by atoms with E-state index in [-0.39, 0.29) is 0 Å². The maximum absolute atomic E-state index is 5.67. The predicted molar refractivity (Wildman–Crippen MR) is 74.1 cm³/mol. The van der Waals surface area contributed by atoms with Gasteiger partial charge < -0.3 is 15.0 Å². The summed E-state index contributed by atoms with van der Waals surface area (Å²) in [4.78, 5) is 11.2. The summed E-state index contributed by atoms with van der Waals surface area (Å²) < 4.78 is 5.67. The summed E-state index contributed by atoms with van der Waals surface area (Å²) in [6.45, 7) is 5.59. The van der Waals surface area contributed by atoms with Gasteiger partial charge in [-0.05, 0) is 19.3 Å². The SMILES string of the molecule is CCC1CN(c2ncc(CNC3CC3)cn2)CCO1. The lowest BCUT2D eigenvalue weighted by Gasteiger charge is -2.32. The number of aromatic nitrogens is 2. The van der Waals surface area contributed by atoms with Crippen LogP contribution in [0.5, 0.6) is 0 Å². The summed E-state index contributed by atoms with van der Waals surface area (Å²) in [5.41, 5.74) is 1.16. The van der Waals surface area contributed by atoms with Gasteiger partial charge in [-0.1, -0.05) is 6.92 Å². The number of nitrogens with one attached hydrogen (secondary N) is 1. The summed E-state index contributed by atoms with van der Waals surface area (Å²) >= 11 is 0. The molecular formula is C14H22N4O. The average molecular weight is 262 g/mol. The molecule has 0 radical (unpaired) electrons. The quantitative estimate of drug-likeness (QED) is 0.868. The van der Waals surface area contributed by atoms with Crippen molar-refractivity contribution in [1.29, 1.82) is 0 Å². The fourth-order valence-electron chi connectivity index (χ4n) is 2.30. The molecule has 0 aromatic carbocycles. The minimum atomic E-state index is 0.313. The first-order valence-electron chi connectivity index (χ1n) is 7.26. The van der Waals surface area contributed by atoms with Crippen molar-refractivity contribution in [1.82, 2.24) is 15.3 Å². The van der Waals surface area contributed by atoms with E-state index in [1.165, 1.54) is 12.8 Å². The second-order valence-electron chi connectivity index (χ2n) is 5.39. The van der Waals surface area contributed by atoms with E-state index >= 15 is 0 Å². The highest BCUT2D eigenvalue weighted by Crippen LogP contribution is 2.19. The second kappa shape index (κ2) is 5.84. The summed E-state index contributed by atoms with van der Waals surface area (Å²) in [7, 11) is 0. The van der Waals surface area contributed by atoms with Gasteiger partial charge >= 0.3 is 0 Å². The molecule has 5 heteroatoms. The average Bonchev–Trinajstić information content (AvgIpc) is 3.30. The molecule has 1 aliphatic carbocycles. The molecule has 1 aromatic heterocycles. The third-order valence-electron chi connectivity index (χ3n) is 3.74. The Balaban J connectivity index is 1.57. The van der Waals surface area contributed by atoms with E-state index in [4.69, 9.17) is 4.74 Å². The highest BCUT2D eigenvalue weighted by Gasteiger charge is 2.22. The Bertz CT molecular complexity index is 404. The normalized spacial score (nSPS) is 23.6. The number of anilines is 1. The van der Waals surface area contributed by atoms with E-state index in [1.807, 2.05) is 12.4 Å². The van der Waals surface area contributed by atoms with E-state index in [2.05, 4.69) is 27.1 Å². The molecular weight excluding hydrogens is 240 g/mol. The van der Waals surface area contributed by atoms with Crippen LogP contribution in [0.15, 0.2) is 12.4 Å². The van der Waals surface area contributed by atoms with Gasteiger partial charge in [-0.3, -0.25) is 0 Å². The van der Waals surface area contributed by atoms with E-state index in [9.17, 15) is 0 Å². The van der Waals surface area contributed by atoms with Crippen molar-refractivity contribution < 1.29 is 4.74 Å². The lowest BCUT2D eigenvalue weighted by Crippen LogP contribution is -2.43. The second-order valence-corrected chi connectivity index (χ2v) is 5.39. The molecule has 2 fully saturated rings. The summed E-state index contributed by atoms with van der Waals surface area (Å²) in [5.74, 6) is 0.830. The van der Waals surface area contributed by atoms with Crippen LogP contribution in [-0.4, -0.2) is 41.8 Å². The van der Waals surface area contributed by atoms with E-state index in [1.54, 1.807) is 0 Å². The topological polar surface area (TPSA) is 50.3 Å². The van der Waals surface area contributed by atoms with Gasteiger partial charge in [0.15, 0.2) is 0 Å². The van der Waals surface area contributed by atoms with E-state index in [0.717, 1.165) is 50.2 Å². The molecule has 1 atom stereocenters. The van der Waals surface area contributed by atoms with Gasteiger partial charge in [-0.15, -0.1) is 0 Å². The van der Waals surface area contributed by atoms with Crippen molar-refractivity contribution in [2.45, 2.75) is 44.9 Å². The third kappa shape index (κ3) is 3.42. The van der Waals surface area contributed by atoms with Crippen LogP contribution in [0.2, 0.25) is 0 Å². The van der Waals surface area contributed by atoms with Gasteiger partial charge in [0.05, 0.1) is 12.7 Å². The van der Waals surface area contributed by atoms with Crippen molar-refractivity contribution in [3.63, 3.8) is 0 Å². The van der Waals surface area contributed by atoms with Gasteiger partial charge in [0.1, 0.15) is 0 Å². The summed E-state index contributed by atoms with van der Waals surface area (Å²) in [5, 5.41) is 3.47. The molecule has 2 aliphatic rings. The fourth-order valence-corrected chi connectivity index (χ4v) is 2.30. The van der Waals surface area contributed by atoms with Crippen molar-refractivity contribution in [2.24, 2.45) is 0 Å². The largest absolute Gasteiger partial charge is 0.375 e. The monoisotopic (exact) mass is 262 g/mol. The van der Waals surface area contributed by atoms with Crippen molar-refractivity contribution in [3.8, 4) is 0 Å². The van der Waals surface area contributed by atoms with Gasteiger partial charge in [-0.25, -0.2) is 9.97 Å². The molecule has 0 amide bonds. The molecule has 2 heterocycles. The number of nitrogens with zero attached hydrogens (tertiary/aromatic N) is 3. The first-order valence-corrected chi connectivity index (χ1v) is 7.26. The number of rotatable bonds is 5. The highest BCUT2D eigenvalue weighted by molar-refractivity contribution is 5.30. The third-order valence-corrected chi connectivity index (χ3v) is 3.74. The minimum absolute atomic E-state index is 0.313. The molecule has 104 valence electrons. The van der Waals surface area contributed by atoms with Crippen LogP contribution in [0, 0.1) is 0 Å². The first-order chi connectivity index (χ1) is 9.35. The van der Waals surface area contributed by atoms with Gasteiger partial charge in [0.2, 0.25) is 5.95 Å². The highest BCUT2D eigenvalue weighted by atomic mass is 16.5. The molecule has 1 N–H and O–H groups in total. The maximum atomic E-state index is 5.67. The Morgan fingerprint density at radius 1 is 1.37 bits per heavy atom. The number of ether oxygens (including phenoxy) is 1. The zero-order valence-corrected chi connectivity index (χ0v) is 11.5. The maximum Gasteiger partial charge on any atom is 0.225 e. The first kappa shape index (κ1) is 12.8. The Morgan fingerprint density at radius 2 is 2.16 bits per heavy atom.